The quantitative estimate of drug-likeness (QED) is 0.389. The van der Waals surface area contributed by atoms with Crippen LogP contribution in [0.4, 0.5) is 0 Å². The van der Waals surface area contributed by atoms with Crippen molar-refractivity contribution in [2.75, 3.05) is 21.3 Å². The first-order valence-electron chi connectivity index (χ1n) is 10.6. The lowest BCUT2D eigenvalue weighted by Crippen LogP contribution is -2.18. The van der Waals surface area contributed by atoms with Crippen LogP contribution in [0, 0.1) is 6.92 Å². The predicted molar refractivity (Wildman–Crippen MR) is 129 cm³/mol. The molecule has 2 aromatic carbocycles. The summed E-state index contributed by atoms with van der Waals surface area (Å²) in [5, 5.41) is 4.60. The molecule has 0 saturated heterocycles. The lowest BCUT2D eigenvalue weighted by molar-refractivity contribution is -0.118. The first kappa shape index (κ1) is 23.6. The monoisotopic (exact) mass is 475 g/mol. The number of benzene rings is 2. The maximum Gasteiger partial charge on any atom is 0.322 e. The number of amides is 1. The molecule has 4 aromatic rings. The number of rotatable bonds is 9. The summed E-state index contributed by atoms with van der Waals surface area (Å²) in [6.45, 7) is 1.89. The van der Waals surface area contributed by atoms with Gasteiger partial charge in [0.2, 0.25) is 5.91 Å². The van der Waals surface area contributed by atoms with Crippen LogP contribution < -0.4 is 24.7 Å². The minimum atomic E-state index is -0.507. The van der Waals surface area contributed by atoms with E-state index in [-0.39, 0.29) is 12.6 Å². The average Bonchev–Trinajstić information content (AvgIpc) is 3.27. The van der Waals surface area contributed by atoms with E-state index < -0.39 is 5.91 Å². The first-order chi connectivity index (χ1) is 16.9. The van der Waals surface area contributed by atoms with Crippen LogP contribution in [0.5, 0.6) is 29.0 Å². The number of carbonyl (C=O) groups excluding carboxylic acids is 1. The molecule has 2 heterocycles. The Labute approximate surface area is 202 Å². The third-order valence-electron chi connectivity index (χ3n) is 5.11. The molecule has 10 nitrogen and oxygen atoms in total. The van der Waals surface area contributed by atoms with Crippen LogP contribution in [0.15, 0.2) is 54.9 Å². The van der Waals surface area contributed by atoms with Crippen molar-refractivity contribution in [1.29, 1.82) is 0 Å². The van der Waals surface area contributed by atoms with E-state index >= 15 is 0 Å². The summed E-state index contributed by atoms with van der Waals surface area (Å²) in [5.41, 5.74) is 9.05. The van der Waals surface area contributed by atoms with Crippen molar-refractivity contribution >= 4 is 5.91 Å². The molecule has 2 N–H and O–H groups in total. The van der Waals surface area contributed by atoms with E-state index in [2.05, 4.69) is 15.1 Å². The Kier molecular flexibility index (Phi) is 6.81. The van der Waals surface area contributed by atoms with Crippen molar-refractivity contribution in [3.63, 3.8) is 0 Å². The molecule has 0 aliphatic carbocycles. The number of aryl methyl sites for hydroxylation is 1. The summed E-state index contributed by atoms with van der Waals surface area (Å²) in [5.74, 6) is 1.76. The molecule has 0 unspecified atom stereocenters. The third-order valence-corrected chi connectivity index (χ3v) is 5.11. The van der Waals surface area contributed by atoms with Gasteiger partial charge in [-0.25, -0.2) is 4.98 Å². The Morgan fingerprint density at radius 1 is 0.971 bits per heavy atom. The van der Waals surface area contributed by atoms with Crippen LogP contribution >= 0.6 is 0 Å². The number of aromatic nitrogens is 4. The second kappa shape index (κ2) is 10.1. The van der Waals surface area contributed by atoms with Crippen LogP contribution in [-0.2, 0) is 11.3 Å². The number of carbonyl (C=O) groups is 1. The lowest BCUT2D eigenvalue weighted by Gasteiger charge is -2.10. The van der Waals surface area contributed by atoms with Crippen LogP contribution in [0.25, 0.3) is 22.5 Å². The van der Waals surface area contributed by atoms with E-state index in [0.29, 0.717) is 39.9 Å². The van der Waals surface area contributed by atoms with Gasteiger partial charge in [0.25, 0.3) is 0 Å². The summed E-state index contributed by atoms with van der Waals surface area (Å²) >= 11 is 0. The highest BCUT2D eigenvalue weighted by Crippen LogP contribution is 2.35. The largest absolute Gasteiger partial charge is 0.497 e. The number of nitrogens with zero attached hydrogens (tertiary/aromatic N) is 4. The van der Waals surface area contributed by atoms with Gasteiger partial charge in [-0.2, -0.15) is 10.1 Å². The fourth-order valence-electron chi connectivity index (χ4n) is 3.59. The molecular weight excluding hydrogens is 450 g/mol. The van der Waals surface area contributed by atoms with Gasteiger partial charge in [-0.15, -0.1) is 0 Å². The number of ether oxygens (including phenoxy) is 4. The Morgan fingerprint density at radius 2 is 1.77 bits per heavy atom. The van der Waals surface area contributed by atoms with E-state index in [4.69, 9.17) is 24.7 Å². The summed E-state index contributed by atoms with van der Waals surface area (Å²) in [6, 6.07) is 12.8. The highest BCUT2D eigenvalue weighted by Gasteiger charge is 2.18. The molecule has 0 atom stereocenters. The van der Waals surface area contributed by atoms with E-state index in [0.717, 1.165) is 11.1 Å². The van der Waals surface area contributed by atoms with Gasteiger partial charge in [0.1, 0.15) is 23.7 Å². The number of hydrogen-bond donors (Lipinski definition) is 1. The summed E-state index contributed by atoms with van der Waals surface area (Å²) in [6.07, 6.45) is 3.31. The molecule has 0 aliphatic rings. The van der Waals surface area contributed by atoms with Crippen LogP contribution in [0.2, 0.25) is 0 Å². The number of primary amides is 1. The fourth-order valence-corrected chi connectivity index (χ4v) is 3.59. The van der Waals surface area contributed by atoms with Gasteiger partial charge < -0.3 is 24.7 Å². The maximum atomic E-state index is 11.5. The molecule has 0 aliphatic heterocycles. The lowest BCUT2D eigenvalue weighted by atomic mass is 10.0. The molecule has 0 fully saturated rings. The molecule has 4 rings (SSSR count). The summed E-state index contributed by atoms with van der Waals surface area (Å²) in [7, 11) is 4.71. The molecule has 0 saturated carbocycles. The standard InChI is InChI=1S/C25H25N5O5/c1-15-9-16(11-18(10-15)32-2)24-19(13-30(29-24)14-23(26)31)20-7-8-27-25(28-20)35-17-5-6-21(33-3)22(12-17)34-4/h5-13H,14H2,1-4H3,(H2,26,31). The Morgan fingerprint density at radius 3 is 2.49 bits per heavy atom. The highest BCUT2D eigenvalue weighted by molar-refractivity contribution is 5.80. The molecule has 0 bridgehead atoms. The summed E-state index contributed by atoms with van der Waals surface area (Å²) in [4.78, 5) is 20.4. The van der Waals surface area contributed by atoms with Gasteiger partial charge in [-0.05, 0) is 48.9 Å². The zero-order valence-electron chi connectivity index (χ0n) is 19.8. The number of hydrogen-bond acceptors (Lipinski definition) is 8. The van der Waals surface area contributed by atoms with Gasteiger partial charge in [-0.1, -0.05) is 0 Å². The van der Waals surface area contributed by atoms with Crippen molar-refractivity contribution in [2.45, 2.75) is 13.5 Å². The van der Waals surface area contributed by atoms with Crippen molar-refractivity contribution < 1.29 is 23.7 Å². The molecule has 35 heavy (non-hydrogen) atoms. The van der Waals surface area contributed by atoms with Gasteiger partial charge >= 0.3 is 6.01 Å². The molecule has 1 amide bonds. The zero-order valence-corrected chi connectivity index (χ0v) is 19.8. The summed E-state index contributed by atoms with van der Waals surface area (Å²) < 4.78 is 23.4. The van der Waals surface area contributed by atoms with Gasteiger partial charge in [0.15, 0.2) is 11.5 Å². The number of nitrogens with two attached hydrogens (primary N) is 1. The molecule has 10 heteroatoms. The molecule has 0 radical (unpaired) electrons. The predicted octanol–water partition coefficient (Wildman–Crippen LogP) is 3.62. The molecule has 180 valence electrons. The van der Waals surface area contributed by atoms with Crippen LogP contribution in [-0.4, -0.2) is 47.0 Å². The Bertz CT molecular complexity index is 1370. The molecular formula is C25H25N5O5. The van der Waals surface area contributed by atoms with Crippen molar-refractivity contribution in [3.05, 3.63) is 60.4 Å². The van der Waals surface area contributed by atoms with Crippen molar-refractivity contribution in [1.82, 2.24) is 19.7 Å². The van der Waals surface area contributed by atoms with E-state index in [1.807, 2.05) is 25.1 Å². The minimum Gasteiger partial charge on any atom is -0.497 e. The second-order valence-corrected chi connectivity index (χ2v) is 7.64. The van der Waals surface area contributed by atoms with E-state index in [1.165, 1.54) is 4.68 Å². The van der Waals surface area contributed by atoms with Gasteiger partial charge in [0.05, 0.1) is 27.0 Å². The zero-order chi connectivity index (χ0) is 24.9. The van der Waals surface area contributed by atoms with Gasteiger partial charge in [0, 0.05) is 29.6 Å². The van der Waals surface area contributed by atoms with Crippen molar-refractivity contribution in [3.8, 4) is 51.5 Å². The average molecular weight is 476 g/mol. The minimum absolute atomic E-state index is 0.0734. The third kappa shape index (κ3) is 5.32. The van der Waals surface area contributed by atoms with Crippen LogP contribution in [0.3, 0.4) is 0 Å². The fraction of sp³-hybridized carbons (Fsp3) is 0.200. The molecule has 2 aromatic heterocycles. The maximum absolute atomic E-state index is 11.5. The van der Waals surface area contributed by atoms with E-state index in [1.54, 1.807) is 58.0 Å². The highest BCUT2D eigenvalue weighted by atomic mass is 16.5. The Hall–Kier alpha value is -4.60. The number of methoxy groups -OCH3 is 3. The van der Waals surface area contributed by atoms with E-state index in [9.17, 15) is 4.79 Å². The van der Waals surface area contributed by atoms with Crippen LogP contribution in [0.1, 0.15) is 5.56 Å². The van der Waals surface area contributed by atoms with Crippen molar-refractivity contribution in [2.24, 2.45) is 5.73 Å². The van der Waals surface area contributed by atoms with Gasteiger partial charge in [-0.3, -0.25) is 9.48 Å². The molecule has 0 spiro atoms. The SMILES string of the molecule is COc1cc(C)cc(-c2nn(CC(N)=O)cc2-c2ccnc(Oc3ccc(OC)c(OC)c3)n2)c1. The second-order valence-electron chi connectivity index (χ2n) is 7.64. The first-order valence-corrected chi connectivity index (χ1v) is 10.6. The smallest absolute Gasteiger partial charge is 0.322 e. The topological polar surface area (TPSA) is 124 Å². The Balaban J connectivity index is 1.75. The normalized spacial score (nSPS) is 10.6.